The predicted molar refractivity (Wildman–Crippen MR) is 195 cm³/mol. The number of benzene rings is 2. The van der Waals surface area contributed by atoms with Crippen LogP contribution < -0.4 is 10.2 Å². The van der Waals surface area contributed by atoms with Crippen LogP contribution in [0.15, 0.2) is 73.1 Å². The molecule has 1 N–H and O–H groups in total. The van der Waals surface area contributed by atoms with Gasteiger partial charge in [-0.1, -0.05) is 62.4 Å². The van der Waals surface area contributed by atoms with Gasteiger partial charge in [-0.25, -0.2) is 0 Å². The summed E-state index contributed by atoms with van der Waals surface area (Å²) < 4.78 is 7.61. The van der Waals surface area contributed by atoms with E-state index in [0.717, 1.165) is 102 Å². The van der Waals surface area contributed by atoms with Gasteiger partial charge in [0.1, 0.15) is 0 Å². The van der Waals surface area contributed by atoms with E-state index in [1.54, 1.807) is 6.08 Å². The molecule has 10 heteroatoms. The third kappa shape index (κ3) is 7.07. The second-order valence-corrected chi connectivity index (χ2v) is 14.2. The number of fused-ring (bicyclic) bond motifs is 2. The lowest BCUT2D eigenvalue weighted by Gasteiger charge is -2.38. The van der Waals surface area contributed by atoms with Crippen LogP contribution in [0.4, 0.5) is 11.9 Å². The highest BCUT2D eigenvalue weighted by Gasteiger charge is 2.38. The molecule has 1 spiro atoms. The number of hydrogen-bond donors (Lipinski definition) is 1. The molecule has 2 aliphatic heterocycles. The highest BCUT2D eigenvalue weighted by Crippen LogP contribution is 2.40. The molecule has 10 nitrogen and oxygen atoms in total. The first-order valence-corrected chi connectivity index (χ1v) is 17.4. The summed E-state index contributed by atoms with van der Waals surface area (Å²) >= 11 is 0. The number of pyridine rings is 1. The number of likely N-dealkylation sites (N-methyl/N-ethyl adjacent to an activating group) is 1. The van der Waals surface area contributed by atoms with Gasteiger partial charge in [-0.15, -0.1) is 0 Å². The van der Waals surface area contributed by atoms with Crippen LogP contribution in [0.25, 0.3) is 27.7 Å². The van der Waals surface area contributed by atoms with E-state index >= 15 is 0 Å². The first kappa shape index (κ1) is 32.9. The summed E-state index contributed by atoms with van der Waals surface area (Å²) in [5.41, 5.74) is 6.30. The predicted octanol–water partition coefficient (Wildman–Crippen LogP) is 6.31. The third-order valence-corrected chi connectivity index (χ3v) is 9.99. The maximum absolute atomic E-state index is 12.6. The van der Waals surface area contributed by atoms with Crippen LogP contribution in [0.5, 0.6) is 0 Å². The van der Waals surface area contributed by atoms with Crippen molar-refractivity contribution in [2.45, 2.75) is 52.0 Å². The van der Waals surface area contributed by atoms with Crippen molar-refractivity contribution >= 4 is 34.1 Å². The normalized spacial score (nSPS) is 16.2. The standard InChI is InChI=1S/C39H46N8O2/c1-27(2)34-25-42-47-36(34)43-38(46-19-14-39(15-20-46)16-21-49-26-39)44-37(47)41-24-30-8-5-6-10-32(30)35-33-12-11-28(22-29(33)13-17-40-35)23-31(48)9-7-18-45(3)4/h5-13,17,22,25,27H,14-16,18-21,23-24,26H2,1-4H3,(H,41,43,44)/b9-7+. The summed E-state index contributed by atoms with van der Waals surface area (Å²) in [7, 11) is 3.97. The van der Waals surface area contributed by atoms with Crippen LogP contribution >= 0.6 is 0 Å². The molecular formula is C39H46N8O2. The Morgan fingerprint density at radius 1 is 1.08 bits per heavy atom. The highest BCUT2D eigenvalue weighted by atomic mass is 16.5. The van der Waals surface area contributed by atoms with Gasteiger partial charge in [0.2, 0.25) is 11.9 Å². The van der Waals surface area contributed by atoms with Crippen molar-refractivity contribution in [2.24, 2.45) is 5.41 Å². The van der Waals surface area contributed by atoms with Gasteiger partial charge >= 0.3 is 0 Å². The summed E-state index contributed by atoms with van der Waals surface area (Å²) in [5.74, 6) is 1.80. The number of carbonyl (C=O) groups is 1. The van der Waals surface area contributed by atoms with Gasteiger partial charge in [0, 0.05) is 61.9 Å². The van der Waals surface area contributed by atoms with E-state index in [0.29, 0.717) is 24.3 Å². The summed E-state index contributed by atoms with van der Waals surface area (Å²) in [5, 5.41) is 10.5. The first-order chi connectivity index (χ1) is 23.8. The SMILES string of the molecule is CC(C)c1cnn2c(NCc3ccccc3-c3nccc4cc(CC(=O)/C=C/CN(C)C)ccc34)nc(N3CCC4(CCOC4)CC3)nc12. The van der Waals surface area contributed by atoms with Gasteiger partial charge in [-0.3, -0.25) is 9.78 Å². The van der Waals surface area contributed by atoms with E-state index in [4.69, 9.17) is 24.8 Å². The monoisotopic (exact) mass is 658 g/mol. The van der Waals surface area contributed by atoms with Crippen LogP contribution in [-0.4, -0.2) is 82.2 Å². The van der Waals surface area contributed by atoms with Crippen molar-refractivity contribution in [3.8, 4) is 11.3 Å². The Morgan fingerprint density at radius 3 is 2.69 bits per heavy atom. The minimum absolute atomic E-state index is 0.0965. The van der Waals surface area contributed by atoms with Gasteiger partial charge in [0.15, 0.2) is 11.4 Å². The lowest BCUT2D eigenvalue weighted by atomic mass is 9.78. The Labute approximate surface area is 288 Å². The number of piperidine rings is 1. The van der Waals surface area contributed by atoms with E-state index in [-0.39, 0.29) is 11.7 Å². The van der Waals surface area contributed by atoms with Crippen molar-refractivity contribution in [1.29, 1.82) is 0 Å². The molecule has 2 aliphatic rings. The quantitative estimate of drug-likeness (QED) is 0.164. The summed E-state index contributed by atoms with van der Waals surface area (Å²) in [6.07, 6.45) is 11.1. The van der Waals surface area contributed by atoms with E-state index in [9.17, 15) is 4.79 Å². The summed E-state index contributed by atoms with van der Waals surface area (Å²) in [6, 6.07) is 16.6. The molecule has 0 bridgehead atoms. The molecule has 254 valence electrons. The van der Waals surface area contributed by atoms with Crippen LogP contribution in [0, 0.1) is 5.41 Å². The molecule has 49 heavy (non-hydrogen) atoms. The number of nitrogens with zero attached hydrogens (tertiary/aromatic N) is 7. The second-order valence-electron chi connectivity index (χ2n) is 14.2. The molecule has 2 saturated heterocycles. The number of rotatable bonds is 11. The minimum Gasteiger partial charge on any atom is -0.381 e. The largest absolute Gasteiger partial charge is 0.381 e. The molecule has 5 aromatic rings. The fraction of sp³-hybridized carbons (Fsp3) is 0.410. The molecule has 0 aliphatic carbocycles. The number of ether oxygens (including phenoxy) is 1. The molecular weight excluding hydrogens is 612 g/mol. The number of hydrogen-bond acceptors (Lipinski definition) is 9. The van der Waals surface area contributed by atoms with Gasteiger partial charge in [0.25, 0.3) is 0 Å². The number of nitrogens with one attached hydrogen (secondary N) is 1. The lowest BCUT2D eigenvalue weighted by molar-refractivity contribution is -0.114. The maximum Gasteiger partial charge on any atom is 0.230 e. The van der Waals surface area contributed by atoms with Crippen molar-refractivity contribution in [3.63, 3.8) is 0 Å². The van der Waals surface area contributed by atoms with E-state index < -0.39 is 0 Å². The molecule has 0 saturated carbocycles. The van der Waals surface area contributed by atoms with E-state index in [1.807, 2.05) is 60.2 Å². The van der Waals surface area contributed by atoms with Gasteiger partial charge in [-0.2, -0.15) is 19.6 Å². The average molecular weight is 659 g/mol. The van der Waals surface area contributed by atoms with Crippen molar-refractivity contribution < 1.29 is 9.53 Å². The Kier molecular flexibility index (Phi) is 9.42. The van der Waals surface area contributed by atoms with Crippen LogP contribution in [0.1, 0.15) is 55.7 Å². The molecule has 2 aromatic carbocycles. The number of aromatic nitrogens is 5. The van der Waals surface area contributed by atoms with Crippen LogP contribution in [0.2, 0.25) is 0 Å². The number of allylic oxidation sites excluding steroid dienone is 1. The van der Waals surface area contributed by atoms with Crippen molar-refractivity contribution in [3.05, 3.63) is 89.8 Å². The Balaban J connectivity index is 1.15. The molecule has 2 fully saturated rings. The lowest BCUT2D eigenvalue weighted by Crippen LogP contribution is -2.41. The zero-order chi connectivity index (χ0) is 34.0. The molecule has 3 aromatic heterocycles. The van der Waals surface area contributed by atoms with E-state index in [1.165, 1.54) is 0 Å². The number of anilines is 2. The molecule has 5 heterocycles. The average Bonchev–Trinajstić information content (AvgIpc) is 3.75. The van der Waals surface area contributed by atoms with Crippen LogP contribution in [0.3, 0.4) is 0 Å². The van der Waals surface area contributed by atoms with Gasteiger partial charge < -0.3 is 19.9 Å². The Bertz CT molecular complexity index is 1980. The fourth-order valence-corrected chi connectivity index (χ4v) is 7.06. The topological polar surface area (TPSA) is 101 Å². The van der Waals surface area contributed by atoms with Gasteiger partial charge in [0.05, 0.1) is 18.5 Å². The molecule has 0 radical (unpaired) electrons. The van der Waals surface area contributed by atoms with Crippen molar-refractivity contribution in [2.75, 3.05) is 57.2 Å². The summed E-state index contributed by atoms with van der Waals surface area (Å²) in [6.45, 7) is 9.20. The van der Waals surface area contributed by atoms with Gasteiger partial charge in [-0.05, 0) is 73.3 Å². The molecule has 0 unspecified atom stereocenters. The summed E-state index contributed by atoms with van der Waals surface area (Å²) in [4.78, 5) is 31.9. The third-order valence-electron chi connectivity index (χ3n) is 9.99. The maximum atomic E-state index is 12.6. The Morgan fingerprint density at radius 2 is 1.92 bits per heavy atom. The first-order valence-electron chi connectivity index (χ1n) is 17.4. The molecule has 7 rings (SSSR count). The van der Waals surface area contributed by atoms with Crippen molar-refractivity contribution in [1.82, 2.24) is 29.5 Å². The minimum atomic E-state index is 0.0965. The smallest absolute Gasteiger partial charge is 0.230 e. The number of carbonyl (C=O) groups excluding carboxylic acids is 1. The second kappa shape index (κ2) is 14.1. The highest BCUT2D eigenvalue weighted by molar-refractivity contribution is 5.97. The number of ketones is 1. The van der Waals surface area contributed by atoms with E-state index in [2.05, 4.69) is 54.4 Å². The molecule has 0 amide bonds. The zero-order valence-corrected chi connectivity index (χ0v) is 29.0. The Hall–Kier alpha value is -4.67. The van der Waals surface area contributed by atoms with Crippen LogP contribution in [-0.2, 0) is 22.5 Å². The molecule has 0 atom stereocenters. The zero-order valence-electron chi connectivity index (χ0n) is 29.0. The fourth-order valence-electron chi connectivity index (χ4n) is 7.06.